The molecule has 0 saturated heterocycles. The zero-order valence-corrected chi connectivity index (χ0v) is 22.9. The summed E-state index contributed by atoms with van der Waals surface area (Å²) >= 11 is 0. The Kier molecular flexibility index (Phi) is 6.86. The summed E-state index contributed by atoms with van der Waals surface area (Å²) in [5, 5.41) is 3.52. The van der Waals surface area contributed by atoms with Crippen LogP contribution in [-0.4, -0.2) is 39.9 Å². The fourth-order valence-corrected chi connectivity index (χ4v) is 5.08. The van der Waals surface area contributed by atoms with Crippen molar-refractivity contribution in [1.82, 2.24) is 14.5 Å². The van der Waals surface area contributed by atoms with Gasteiger partial charge in [0.15, 0.2) is 0 Å². The highest BCUT2D eigenvalue weighted by atomic mass is 16.3. The minimum atomic E-state index is -1.17. The fraction of sp³-hybridized carbons (Fsp3) is 0.333. The number of hydrogen-bond acceptors (Lipinski definition) is 6. The van der Waals surface area contributed by atoms with Crippen molar-refractivity contribution in [2.75, 3.05) is 23.8 Å². The monoisotopic (exact) mass is 527 g/mol. The van der Waals surface area contributed by atoms with Crippen LogP contribution in [0.25, 0.3) is 11.0 Å². The molecule has 202 valence electrons. The smallest absolute Gasteiger partial charge is 0.261 e. The Morgan fingerprint density at radius 1 is 1.08 bits per heavy atom. The van der Waals surface area contributed by atoms with Crippen molar-refractivity contribution < 1.29 is 14.0 Å². The number of fused-ring (bicyclic) bond motifs is 2. The molecule has 9 heteroatoms. The Morgan fingerprint density at radius 2 is 1.87 bits per heavy atom. The molecule has 1 N–H and O–H groups in total. The Balaban J connectivity index is 1.44. The number of carbonyl (C=O) groups excluding carboxylic acids is 2. The van der Waals surface area contributed by atoms with E-state index in [0.29, 0.717) is 48.5 Å². The van der Waals surface area contributed by atoms with E-state index in [4.69, 9.17) is 4.42 Å². The van der Waals surface area contributed by atoms with Crippen molar-refractivity contribution in [3.63, 3.8) is 0 Å². The molecule has 2 amide bonds. The first kappa shape index (κ1) is 26.4. The van der Waals surface area contributed by atoms with Gasteiger partial charge in [-0.2, -0.15) is 0 Å². The van der Waals surface area contributed by atoms with Gasteiger partial charge in [0, 0.05) is 56.9 Å². The lowest BCUT2D eigenvalue weighted by Crippen LogP contribution is -2.43. The minimum Gasteiger partial charge on any atom is -0.464 e. The second-order valence-electron chi connectivity index (χ2n) is 10.7. The van der Waals surface area contributed by atoms with E-state index in [1.54, 1.807) is 44.0 Å². The van der Waals surface area contributed by atoms with Gasteiger partial charge in [-0.1, -0.05) is 12.1 Å². The average molecular weight is 528 g/mol. The normalized spacial score (nSPS) is 15.0. The molecule has 4 heterocycles. The van der Waals surface area contributed by atoms with Gasteiger partial charge in [0.05, 0.1) is 23.0 Å². The van der Waals surface area contributed by atoms with Crippen LogP contribution in [-0.2, 0) is 29.2 Å². The molecule has 0 fully saturated rings. The van der Waals surface area contributed by atoms with Crippen LogP contribution < -0.4 is 15.8 Å². The number of nitrogens with one attached hydrogen (secondary N) is 1. The maximum absolute atomic E-state index is 13.1. The molecule has 5 rings (SSSR count). The summed E-state index contributed by atoms with van der Waals surface area (Å²) in [5.41, 5.74) is 4.58. The predicted octanol–water partition coefficient (Wildman–Crippen LogP) is 4.25. The molecule has 9 nitrogen and oxygen atoms in total. The number of aromatic nitrogens is 2. The lowest BCUT2D eigenvalue weighted by molar-refractivity contribution is -0.136. The molecule has 3 aromatic heterocycles. The van der Waals surface area contributed by atoms with E-state index in [1.165, 1.54) is 4.90 Å². The van der Waals surface area contributed by atoms with Gasteiger partial charge >= 0.3 is 0 Å². The van der Waals surface area contributed by atoms with Crippen LogP contribution in [0, 0.1) is 19.3 Å². The van der Waals surface area contributed by atoms with Gasteiger partial charge in [-0.05, 0) is 63.1 Å². The molecule has 1 aromatic carbocycles. The van der Waals surface area contributed by atoms with Crippen LogP contribution in [0.5, 0.6) is 0 Å². The number of rotatable bonds is 7. The molecule has 4 aromatic rings. The first-order valence-electron chi connectivity index (χ1n) is 13.0. The zero-order chi connectivity index (χ0) is 27.9. The lowest BCUT2D eigenvalue weighted by Gasteiger charge is -2.25. The van der Waals surface area contributed by atoms with Crippen molar-refractivity contribution in [2.24, 2.45) is 5.41 Å². The van der Waals surface area contributed by atoms with Gasteiger partial charge in [0.2, 0.25) is 11.8 Å². The van der Waals surface area contributed by atoms with Crippen molar-refractivity contribution in [3.8, 4) is 0 Å². The first-order valence-corrected chi connectivity index (χ1v) is 13.0. The minimum absolute atomic E-state index is 0.0788. The first-order chi connectivity index (χ1) is 18.6. The number of carbonyl (C=O) groups is 2. The summed E-state index contributed by atoms with van der Waals surface area (Å²) in [6.45, 7) is 9.49. The lowest BCUT2D eigenvalue weighted by atomic mass is 9.91. The van der Waals surface area contributed by atoms with Crippen molar-refractivity contribution in [3.05, 3.63) is 87.8 Å². The molecule has 39 heavy (non-hydrogen) atoms. The van der Waals surface area contributed by atoms with Crippen LogP contribution in [0.3, 0.4) is 0 Å². The highest BCUT2D eigenvalue weighted by molar-refractivity contribution is 6.19. The number of anilines is 2. The van der Waals surface area contributed by atoms with Gasteiger partial charge in [0.25, 0.3) is 5.56 Å². The van der Waals surface area contributed by atoms with Crippen LogP contribution >= 0.6 is 0 Å². The van der Waals surface area contributed by atoms with E-state index in [2.05, 4.69) is 21.3 Å². The number of pyridine rings is 2. The van der Waals surface area contributed by atoms with E-state index < -0.39 is 5.41 Å². The standard InChI is InChI=1S/C30H33N5O4/c1-19-16-35(27(36)23-10-14-39-26(19)23)13-12-34(18-22-7-6-11-31-20(22)2)17-21-8-9-25-24(15-21)32-28(37)30(3,4)29(38)33(25)5/h6-11,14-16H,12-13,17-18H2,1-5H3,(H,32,37). The van der Waals surface area contributed by atoms with Crippen molar-refractivity contribution in [1.29, 1.82) is 0 Å². The fourth-order valence-electron chi connectivity index (χ4n) is 5.08. The molecular formula is C30H33N5O4. The Bertz CT molecular complexity index is 1630. The summed E-state index contributed by atoms with van der Waals surface area (Å²) in [6.07, 6.45) is 5.17. The molecule has 0 unspecified atom stereocenters. The summed E-state index contributed by atoms with van der Waals surface area (Å²) in [4.78, 5) is 47.0. The number of aryl methyl sites for hydroxylation is 2. The third-order valence-electron chi connectivity index (χ3n) is 7.52. The number of hydrogen-bond donors (Lipinski definition) is 1. The van der Waals surface area contributed by atoms with Crippen LogP contribution in [0.1, 0.15) is 36.2 Å². The third-order valence-corrected chi connectivity index (χ3v) is 7.52. The van der Waals surface area contributed by atoms with E-state index in [1.807, 2.05) is 44.3 Å². The maximum Gasteiger partial charge on any atom is 0.261 e. The molecule has 1 aliphatic rings. The molecule has 1 aliphatic heterocycles. The molecule has 0 atom stereocenters. The molecule has 0 saturated carbocycles. The van der Waals surface area contributed by atoms with E-state index in [-0.39, 0.29) is 17.4 Å². The summed E-state index contributed by atoms with van der Waals surface area (Å²) in [6, 6.07) is 11.5. The van der Waals surface area contributed by atoms with Crippen LogP contribution in [0.2, 0.25) is 0 Å². The van der Waals surface area contributed by atoms with Gasteiger partial charge in [0.1, 0.15) is 11.0 Å². The molecule has 0 bridgehead atoms. The van der Waals surface area contributed by atoms with E-state index in [0.717, 1.165) is 22.4 Å². The van der Waals surface area contributed by atoms with Gasteiger partial charge in [-0.15, -0.1) is 0 Å². The maximum atomic E-state index is 13.1. The quantitative estimate of drug-likeness (QED) is 0.361. The van der Waals surface area contributed by atoms with E-state index >= 15 is 0 Å². The SMILES string of the molecule is Cc1ncccc1CN(CCn1cc(C)c2occc2c1=O)Cc1ccc2c(c1)NC(=O)C(C)(C)C(=O)N2C. The van der Waals surface area contributed by atoms with Gasteiger partial charge in [-0.3, -0.25) is 24.3 Å². The van der Waals surface area contributed by atoms with Crippen molar-refractivity contribution >= 4 is 34.2 Å². The Morgan fingerprint density at radius 3 is 2.64 bits per heavy atom. The Labute approximate surface area is 227 Å². The van der Waals surface area contributed by atoms with E-state index in [9.17, 15) is 14.4 Å². The summed E-state index contributed by atoms with van der Waals surface area (Å²) < 4.78 is 7.22. The van der Waals surface area contributed by atoms with Crippen molar-refractivity contribution in [2.45, 2.75) is 47.3 Å². The number of furan rings is 1. The second kappa shape index (κ2) is 10.1. The van der Waals surface area contributed by atoms with Gasteiger partial charge in [-0.25, -0.2) is 0 Å². The molecule has 0 aliphatic carbocycles. The second-order valence-corrected chi connectivity index (χ2v) is 10.7. The molecule has 0 radical (unpaired) electrons. The third kappa shape index (κ3) is 4.97. The Hall–Kier alpha value is -4.24. The van der Waals surface area contributed by atoms with Crippen LogP contribution in [0.4, 0.5) is 11.4 Å². The highest BCUT2D eigenvalue weighted by Gasteiger charge is 2.41. The molecular weight excluding hydrogens is 494 g/mol. The number of benzene rings is 1. The predicted molar refractivity (Wildman–Crippen MR) is 151 cm³/mol. The average Bonchev–Trinajstić information content (AvgIpc) is 3.39. The summed E-state index contributed by atoms with van der Waals surface area (Å²) in [5.74, 6) is -0.585. The number of amides is 2. The largest absolute Gasteiger partial charge is 0.464 e. The summed E-state index contributed by atoms with van der Waals surface area (Å²) in [7, 11) is 1.69. The highest BCUT2D eigenvalue weighted by Crippen LogP contribution is 2.35. The van der Waals surface area contributed by atoms with Gasteiger partial charge < -0.3 is 19.2 Å². The zero-order valence-electron chi connectivity index (χ0n) is 22.9. The molecule has 0 spiro atoms. The number of nitrogens with zero attached hydrogens (tertiary/aromatic N) is 4. The van der Waals surface area contributed by atoms with Crippen LogP contribution in [0.15, 0.2) is 64.3 Å². The topological polar surface area (TPSA) is 101 Å².